The number of likely N-dealkylation sites (tertiary alicyclic amines) is 1. The van der Waals surface area contributed by atoms with E-state index in [4.69, 9.17) is 4.74 Å². The van der Waals surface area contributed by atoms with Crippen molar-refractivity contribution in [3.8, 4) is 5.75 Å². The van der Waals surface area contributed by atoms with Gasteiger partial charge in [-0.05, 0) is 23.6 Å². The fraction of sp³-hybridized carbons (Fsp3) is 0.412. The first-order valence-electron chi connectivity index (χ1n) is 7.85. The lowest BCUT2D eigenvalue weighted by Gasteiger charge is -2.19. The zero-order valence-electron chi connectivity index (χ0n) is 13.1. The molecule has 0 saturated carbocycles. The fourth-order valence-electron chi connectivity index (χ4n) is 2.64. The maximum absolute atomic E-state index is 12.3. The van der Waals surface area contributed by atoms with Gasteiger partial charge in [0.25, 0.3) is 0 Å². The molecule has 122 valence electrons. The second kappa shape index (κ2) is 7.46. The van der Waals surface area contributed by atoms with Crippen molar-refractivity contribution in [2.24, 2.45) is 0 Å². The highest BCUT2D eigenvalue weighted by Crippen LogP contribution is 2.20. The van der Waals surface area contributed by atoms with Crippen LogP contribution in [0.1, 0.15) is 24.1 Å². The van der Waals surface area contributed by atoms with Crippen molar-refractivity contribution in [3.05, 3.63) is 46.9 Å². The largest absolute Gasteiger partial charge is 0.487 e. The Kier molecular flexibility index (Phi) is 5.12. The van der Waals surface area contributed by atoms with E-state index in [1.54, 1.807) is 23.7 Å². The third-order valence-electron chi connectivity index (χ3n) is 3.96. The number of hydrogen-bond acceptors (Lipinski definition) is 4. The first kappa shape index (κ1) is 15.8. The van der Waals surface area contributed by atoms with Crippen LogP contribution in [0.25, 0.3) is 0 Å². The Balaban J connectivity index is 1.44. The van der Waals surface area contributed by atoms with E-state index in [2.05, 4.69) is 28.7 Å². The molecule has 0 radical (unpaired) electrons. The predicted molar refractivity (Wildman–Crippen MR) is 91.0 cm³/mol. The molecule has 2 aromatic rings. The molecule has 1 saturated heterocycles. The van der Waals surface area contributed by atoms with Crippen molar-refractivity contribution in [1.29, 1.82) is 0 Å². The number of carbonyl (C=O) groups excluding carboxylic acids is 1. The number of carbonyl (C=O) groups is 1. The molecule has 0 aromatic carbocycles. The number of amides is 2. The molecule has 1 fully saturated rings. The van der Waals surface area contributed by atoms with Crippen LogP contribution < -0.4 is 10.1 Å². The lowest BCUT2D eigenvalue weighted by Crippen LogP contribution is -2.40. The van der Waals surface area contributed by atoms with E-state index >= 15 is 0 Å². The summed E-state index contributed by atoms with van der Waals surface area (Å²) < 4.78 is 5.86. The van der Waals surface area contributed by atoms with E-state index in [0.29, 0.717) is 19.0 Å². The molecular formula is C17H21N3O2S. The molecule has 0 unspecified atom stereocenters. The van der Waals surface area contributed by atoms with E-state index in [1.807, 2.05) is 23.1 Å². The van der Waals surface area contributed by atoms with Gasteiger partial charge in [0, 0.05) is 36.5 Å². The number of aromatic nitrogens is 1. The summed E-state index contributed by atoms with van der Waals surface area (Å²) in [7, 11) is 0. The molecule has 6 heteroatoms. The van der Waals surface area contributed by atoms with Crippen molar-refractivity contribution in [2.75, 3.05) is 19.6 Å². The summed E-state index contributed by atoms with van der Waals surface area (Å²) in [6.07, 6.45) is 4.31. The SMILES string of the molecule is C[C@H](CNC(=O)N1CC[C@@H](Oc2cccnc2)C1)c1cccs1. The molecule has 3 heterocycles. The van der Waals surface area contributed by atoms with Crippen molar-refractivity contribution in [3.63, 3.8) is 0 Å². The summed E-state index contributed by atoms with van der Waals surface area (Å²) in [6, 6.07) is 7.87. The minimum absolute atomic E-state index is 0.00862. The average molecular weight is 331 g/mol. The smallest absolute Gasteiger partial charge is 0.317 e. The molecule has 5 nitrogen and oxygen atoms in total. The summed E-state index contributed by atoms with van der Waals surface area (Å²) in [6.45, 7) is 4.13. The maximum atomic E-state index is 12.3. The molecule has 0 aliphatic carbocycles. The number of hydrogen-bond donors (Lipinski definition) is 1. The topological polar surface area (TPSA) is 54.5 Å². The van der Waals surface area contributed by atoms with Gasteiger partial charge in [-0.25, -0.2) is 4.79 Å². The Hall–Kier alpha value is -2.08. The van der Waals surface area contributed by atoms with E-state index < -0.39 is 0 Å². The zero-order chi connectivity index (χ0) is 16.1. The van der Waals surface area contributed by atoms with Gasteiger partial charge in [0.1, 0.15) is 11.9 Å². The van der Waals surface area contributed by atoms with E-state index in [1.165, 1.54) is 4.88 Å². The summed E-state index contributed by atoms with van der Waals surface area (Å²) in [5.74, 6) is 1.09. The van der Waals surface area contributed by atoms with Gasteiger partial charge < -0.3 is 15.0 Å². The Morgan fingerprint density at radius 1 is 1.52 bits per heavy atom. The Bertz CT molecular complexity index is 618. The normalized spacial score (nSPS) is 18.7. The van der Waals surface area contributed by atoms with Gasteiger partial charge >= 0.3 is 6.03 Å². The molecule has 23 heavy (non-hydrogen) atoms. The molecule has 0 bridgehead atoms. The molecule has 2 atom stereocenters. The molecular weight excluding hydrogens is 310 g/mol. The third kappa shape index (κ3) is 4.22. The van der Waals surface area contributed by atoms with Gasteiger partial charge in [-0.15, -0.1) is 11.3 Å². The van der Waals surface area contributed by atoms with Crippen LogP contribution in [-0.4, -0.2) is 41.7 Å². The van der Waals surface area contributed by atoms with Crippen molar-refractivity contribution in [2.45, 2.75) is 25.4 Å². The molecule has 1 aliphatic rings. The van der Waals surface area contributed by atoms with Gasteiger partial charge in [0.15, 0.2) is 0 Å². The summed E-state index contributed by atoms with van der Waals surface area (Å²) in [5, 5.41) is 5.09. The van der Waals surface area contributed by atoms with E-state index in [9.17, 15) is 4.79 Å². The highest BCUT2D eigenvalue weighted by atomic mass is 32.1. The third-order valence-corrected chi connectivity index (χ3v) is 5.06. The molecule has 2 amide bonds. The standard InChI is InChI=1S/C17H21N3O2S/c1-13(16-5-3-9-23-16)10-19-17(21)20-8-6-15(12-20)22-14-4-2-7-18-11-14/h2-5,7,9,11,13,15H,6,8,10,12H2,1H3,(H,19,21)/t13-,15-/m1/s1. The highest BCUT2D eigenvalue weighted by Gasteiger charge is 2.27. The van der Waals surface area contributed by atoms with Crippen LogP contribution in [0.2, 0.25) is 0 Å². The number of pyridine rings is 1. The maximum Gasteiger partial charge on any atom is 0.317 e. The number of nitrogens with one attached hydrogen (secondary N) is 1. The van der Waals surface area contributed by atoms with Crippen molar-refractivity contribution >= 4 is 17.4 Å². The average Bonchev–Trinajstić information content (AvgIpc) is 3.25. The van der Waals surface area contributed by atoms with Crippen LogP contribution in [0.15, 0.2) is 42.0 Å². The van der Waals surface area contributed by atoms with Gasteiger partial charge in [-0.1, -0.05) is 13.0 Å². The lowest BCUT2D eigenvalue weighted by atomic mass is 10.1. The number of urea groups is 1. The Labute approximate surface area is 140 Å². The highest BCUT2D eigenvalue weighted by molar-refractivity contribution is 7.10. The van der Waals surface area contributed by atoms with Crippen LogP contribution in [0.3, 0.4) is 0 Å². The first-order valence-corrected chi connectivity index (χ1v) is 8.73. The van der Waals surface area contributed by atoms with Gasteiger partial charge in [-0.2, -0.15) is 0 Å². The number of thiophene rings is 1. The monoisotopic (exact) mass is 331 g/mol. The summed E-state index contributed by atoms with van der Waals surface area (Å²) in [5.41, 5.74) is 0. The molecule has 3 rings (SSSR count). The van der Waals surface area contributed by atoms with Crippen molar-refractivity contribution < 1.29 is 9.53 Å². The summed E-state index contributed by atoms with van der Waals surface area (Å²) in [4.78, 5) is 19.4. The second-order valence-corrected chi connectivity index (χ2v) is 6.75. The quantitative estimate of drug-likeness (QED) is 0.916. The zero-order valence-corrected chi connectivity index (χ0v) is 14.0. The van der Waals surface area contributed by atoms with Crippen LogP contribution in [0.5, 0.6) is 5.75 Å². The molecule has 0 spiro atoms. The lowest BCUT2D eigenvalue weighted by molar-refractivity contribution is 0.186. The number of ether oxygens (including phenoxy) is 1. The van der Waals surface area contributed by atoms with Gasteiger partial charge in [-0.3, -0.25) is 4.98 Å². The minimum atomic E-state index is -0.00862. The van der Waals surface area contributed by atoms with Crippen LogP contribution in [0, 0.1) is 0 Å². The van der Waals surface area contributed by atoms with Crippen LogP contribution >= 0.6 is 11.3 Å². The van der Waals surface area contributed by atoms with Gasteiger partial charge in [0.05, 0.1) is 12.7 Å². The molecule has 1 N–H and O–H groups in total. The van der Waals surface area contributed by atoms with E-state index in [-0.39, 0.29) is 12.1 Å². The number of rotatable bonds is 5. The van der Waals surface area contributed by atoms with Gasteiger partial charge in [0.2, 0.25) is 0 Å². The van der Waals surface area contributed by atoms with Crippen LogP contribution in [0.4, 0.5) is 4.79 Å². The number of nitrogens with zero attached hydrogens (tertiary/aromatic N) is 2. The fourth-order valence-corrected chi connectivity index (χ4v) is 3.43. The predicted octanol–water partition coefficient (Wildman–Crippen LogP) is 3.11. The summed E-state index contributed by atoms with van der Waals surface area (Å²) >= 11 is 1.73. The minimum Gasteiger partial charge on any atom is -0.487 e. The second-order valence-electron chi connectivity index (χ2n) is 5.77. The van der Waals surface area contributed by atoms with Crippen molar-refractivity contribution in [1.82, 2.24) is 15.2 Å². The molecule has 1 aliphatic heterocycles. The van der Waals surface area contributed by atoms with E-state index in [0.717, 1.165) is 18.7 Å². The van der Waals surface area contributed by atoms with Crippen LogP contribution in [-0.2, 0) is 0 Å². The molecule has 2 aromatic heterocycles. The Morgan fingerprint density at radius 2 is 2.43 bits per heavy atom. The Morgan fingerprint density at radius 3 is 3.17 bits per heavy atom. The first-order chi connectivity index (χ1) is 11.2.